The minimum absolute atomic E-state index is 0.0345. The number of nitrogens with one attached hydrogen (secondary N) is 1. The van der Waals surface area contributed by atoms with Crippen molar-refractivity contribution in [2.75, 3.05) is 19.0 Å². The van der Waals surface area contributed by atoms with Crippen molar-refractivity contribution in [3.8, 4) is 0 Å². The molecule has 1 unspecified atom stereocenters. The Morgan fingerprint density at radius 3 is 2.86 bits per heavy atom. The fourth-order valence-corrected chi connectivity index (χ4v) is 6.18. The number of ketones is 1. The number of fused-ring (bicyclic) bond motifs is 1. The number of aliphatic hydroxyl groups is 1. The molecule has 4 atom stereocenters. The molecule has 2 N–H and O–H groups in total. The third kappa shape index (κ3) is 4.14. The second-order valence-corrected chi connectivity index (χ2v) is 9.42. The van der Waals surface area contributed by atoms with Gasteiger partial charge in [-0.3, -0.25) is 9.59 Å². The number of carbonyl (C=O) groups is 2. The monoisotopic (exact) mass is 402 g/mol. The van der Waals surface area contributed by atoms with Crippen LogP contribution in [0.4, 0.5) is 0 Å². The second-order valence-electron chi connectivity index (χ2n) is 8.29. The van der Waals surface area contributed by atoms with E-state index in [1.807, 2.05) is 4.90 Å². The van der Waals surface area contributed by atoms with Crippen molar-refractivity contribution in [3.63, 3.8) is 0 Å². The van der Waals surface area contributed by atoms with E-state index in [1.165, 1.54) is 11.1 Å². The number of aryl methyl sites for hydroxylation is 1. The third-order valence-electron chi connectivity index (χ3n) is 6.57. The summed E-state index contributed by atoms with van der Waals surface area (Å²) in [6.45, 7) is 0.657. The van der Waals surface area contributed by atoms with Gasteiger partial charge in [0.15, 0.2) is 5.78 Å². The van der Waals surface area contributed by atoms with Gasteiger partial charge >= 0.3 is 0 Å². The summed E-state index contributed by atoms with van der Waals surface area (Å²) in [6, 6.07) is 8.15. The molecule has 3 aliphatic rings. The Hall–Kier alpha value is -1.37. The summed E-state index contributed by atoms with van der Waals surface area (Å²) in [5.41, 5.74) is 2.89. The van der Waals surface area contributed by atoms with Gasteiger partial charge in [-0.1, -0.05) is 24.3 Å². The molecule has 1 amide bonds. The van der Waals surface area contributed by atoms with Crippen LogP contribution in [0.15, 0.2) is 24.3 Å². The highest BCUT2D eigenvalue weighted by Crippen LogP contribution is 2.31. The number of likely N-dealkylation sites (tertiary alicyclic amines) is 1. The van der Waals surface area contributed by atoms with E-state index in [-0.39, 0.29) is 35.6 Å². The fourth-order valence-electron chi connectivity index (χ4n) is 4.95. The van der Waals surface area contributed by atoms with Gasteiger partial charge in [0.2, 0.25) is 5.91 Å². The number of nitrogens with zero attached hydrogens (tertiary/aromatic N) is 1. The van der Waals surface area contributed by atoms with Crippen LogP contribution in [0.5, 0.6) is 0 Å². The average Bonchev–Trinajstić information content (AvgIpc) is 3.40. The molecule has 0 saturated carbocycles. The van der Waals surface area contributed by atoms with Crippen molar-refractivity contribution >= 4 is 23.5 Å². The van der Waals surface area contributed by atoms with Gasteiger partial charge in [0, 0.05) is 24.9 Å². The lowest BCUT2D eigenvalue weighted by atomic mass is 9.81. The van der Waals surface area contributed by atoms with Crippen LogP contribution in [-0.2, 0) is 22.4 Å². The van der Waals surface area contributed by atoms with Gasteiger partial charge in [0.05, 0.1) is 17.9 Å². The first-order valence-electron chi connectivity index (χ1n) is 10.5. The molecule has 1 aliphatic carbocycles. The molecule has 1 aromatic carbocycles. The topological polar surface area (TPSA) is 69.6 Å². The van der Waals surface area contributed by atoms with Crippen LogP contribution in [0, 0.1) is 5.92 Å². The molecule has 0 bridgehead atoms. The minimum Gasteiger partial charge on any atom is -0.395 e. The van der Waals surface area contributed by atoms with E-state index >= 15 is 0 Å². The molecule has 0 aromatic heterocycles. The van der Waals surface area contributed by atoms with E-state index < -0.39 is 0 Å². The molecule has 2 aliphatic heterocycles. The first-order chi connectivity index (χ1) is 13.7. The predicted octanol–water partition coefficient (Wildman–Crippen LogP) is 2.16. The Morgan fingerprint density at radius 2 is 2.04 bits per heavy atom. The highest BCUT2D eigenvalue weighted by molar-refractivity contribution is 8.00. The van der Waals surface area contributed by atoms with Crippen LogP contribution in [0.1, 0.15) is 43.2 Å². The van der Waals surface area contributed by atoms with Crippen LogP contribution in [0.2, 0.25) is 0 Å². The maximum absolute atomic E-state index is 13.0. The molecule has 2 fully saturated rings. The van der Waals surface area contributed by atoms with E-state index in [0.29, 0.717) is 24.8 Å². The maximum atomic E-state index is 13.0. The van der Waals surface area contributed by atoms with Gasteiger partial charge in [0.1, 0.15) is 0 Å². The normalized spacial score (nSPS) is 29.7. The number of thioether (sulfide) groups is 1. The highest BCUT2D eigenvalue weighted by Gasteiger charge is 2.42. The van der Waals surface area contributed by atoms with E-state index in [9.17, 15) is 14.7 Å². The van der Waals surface area contributed by atoms with Crippen molar-refractivity contribution in [1.29, 1.82) is 0 Å². The average molecular weight is 403 g/mol. The molecular formula is C22H30N2O3S. The Morgan fingerprint density at radius 1 is 1.21 bits per heavy atom. The van der Waals surface area contributed by atoms with Crippen molar-refractivity contribution in [2.24, 2.45) is 5.92 Å². The lowest BCUT2D eigenvalue weighted by Gasteiger charge is -2.28. The van der Waals surface area contributed by atoms with E-state index in [0.717, 1.165) is 38.5 Å². The number of Topliss-reactive ketones (excluding diaryl/α,β-unsaturated/α-hetero) is 1. The maximum Gasteiger partial charge on any atom is 0.223 e. The molecule has 2 saturated heterocycles. The predicted molar refractivity (Wildman–Crippen MR) is 111 cm³/mol. The molecule has 0 spiro atoms. The summed E-state index contributed by atoms with van der Waals surface area (Å²) in [4.78, 5) is 27.8. The Bertz CT molecular complexity index is 725. The molecule has 2 heterocycles. The zero-order valence-corrected chi connectivity index (χ0v) is 17.1. The minimum atomic E-state index is -0.300. The molecular weight excluding hydrogens is 372 g/mol. The molecule has 1 aromatic rings. The Kier molecular flexibility index (Phi) is 6.38. The second kappa shape index (κ2) is 8.97. The molecule has 28 heavy (non-hydrogen) atoms. The highest BCUT2D eigenvalue weighted by atomic mass is 32.2. The number of hydrogen-bond acceptors (Lipinski definition) is 5. The fraction of sp³-hybridized carbons (Fsp3) is 0.636. The first-order valence-corrected chi connectivity index (χ1v) is 11.6. The SMILES string of the molecule is O=C(C1SCN[C@@H]1CO)[C@@H]1CCCN1C(=O)CC[C@@H]1CCc2ccccc2C1. The number of benzene rings is 1. The van der Waals surface area contributed by atoms with Crippen LogP contribution in [-0.4, -0.2) is 58.1 Å². The largest absolute Gasteiger partial charge is 0.395 e. The van der Waals surface area contributed by atoms with Crippen molar-refractivity contribution in [3.05, 3.63) is 35.4 Å². The number of aliphatic hydroxyl groups excluding tert-OH is 1. The van der Waals surface area contributed by atoms with Crippen LogP contribution in [0.3, 0.4) is 0 Å². The van der Waals surface area contributed by atoms with Crippen molar-refractivity contribution in [1.82, 2.24) is 10.2 Å². The third-order valence-corrected chi connectivity index (χ3v) is 7.82. The van der Waals surface area contributed by atoms with Gasteiger partial charge in [0.25, 0.3) is 0 Å². The smallest absolute Gasteiger partial charge is 0.223 e. The van der Waals surface area contributed by atoms with E-state index in [4.69, 9.17) is 0 Å². The first kappa shape index (κ1) is 19.9. The standard InChI is InChI=1S/C22H30N2O3S/c25-13-18-22(28-14-23-18)21(27)19-6-3-11-24(19)20(26)10-8-15-7-9-16-4-1-2-5-17(16)12-15/h1-2,4-5,15,18-19,22-23,25H,3,6-14H2/t15-,18+,19-,22?/m0/s1. The number of amides is 1. The van der Waals surface area contributed by atoms with Crippen LogP contribution < -0.4 is 5.32 Å². The number of hydrogen-bond donors (Lipinski definition) is 2. The van der Waals surface area contributed by atoms with Crippen molar-refractivity contribution < 1.29 is 14.7 Å². The van der Waals surface area contributed by atoms with Crippen LogP contribution in [0.25, 0.3) is 0 Å². The summed E-state index contributed by atoms with van der Waals surface area (Å²) < 4.78 is 0. The lowest BCUT2D eigenvalue weighted by Crippen LogP contribution is -2.48. The summed E-state index contributed by atoms with van der Waals surface area (Å²) in [5.74, 6) is 1.49. The molecule has 4 rings (SSSR count). The van der Waals surface area contributed by atoms with Crippen LogP contribution >= 0.6 is 11.8 Å². The van der Waals surface area contributed by atoms with Gasteiger partial charge in [-0.05, 0) is 55.6 Å². The number of carbonyl (C=O) groups excluding carboxylic acids is 2. The molecule has 152 valence electrons. The lowest BCUT2D eigenvalue weighted by molar-refractivity contribution is -0.137. The van der Waals surface area contributed by atoms with Gasteiger partial charge in [-0.15, -0.1) is 11.8 Å². The van der Waals surface area contributed by atoms with Gasteiger partial charge in [-0.25, -0.2) is 0 Å². The van der Waals surface area contributed by atoms with E-state index in [2.05, 4.69) is 29.6 Å². The van der Waals surface area contributed by atoms with Crippen molar-refractivity contribution in [2.45, 2.75) is 62.3 Å². The Labute approximate surface area is 171 Å². The molecule has 6 heteroatoms. The zero-order chi connectivity index (χ0) is 19.5. The molecule has 0 radical (unpaired) electrons. The summed E-state index contributed by atoms with van der Waals surface area (Å²) >= 11 is 1.55. The van der Waals surface area contributed by atoms with Gasteiger partial charge in [-0.2, -0.15) is 0 Å². The summed E-state index contributed by atoms with van der Waals surface area (Å²) in [6.07, 6.45) is 6.42. The summed E-state index contributed by atoms with van der Waals surface area (Å²) in [7, 11) is 0. The Balaban J connectivity index is 1.32. The van der Waals surface area contributed by atoms with E-state index in [1.54, 1.807) is 11.8 Å². The quantitative estimate of drug-likeness (QED) is 0.763. The number of rotatable bonds is 6. The summed E-state index contributed by atoms with van der Waals surface area (Å²) in [5, 5.41) is 12.4. The molecule has 5 nitrogen and oxygen atoms in total. The van der Waals surface area contributed by atoms with Gasteiger partial charge < -0.3 is 15.3 Å². The zero-order valence-electron chi connectivity index (χ0n) is 16.3.